The molecule has 0 rings (SSSR count). The van der Waals surface area contributed by atoms with Gasteiger partial charge in [-0.15, -0.1) is 0 Å². The first-order chi connectivity index (χ1) is 49.6. The first-order valence-corrected chi connectivity index (χ1v) is 46.2. The van der Waals surface area contributed by atoms with Gasteiger partial charge >= 0.3 is 39.5 Å². The molecule has 0 radical (unpaired) electrons. The van der Waals surface area contributed by atoms with Crippen LogP contribution in [0.15, 0.2) is 0 Å². The molecule has 0 aromatic heterocycles. The molecule has 0 aliphatic rings. The highest BCUT2D eigenvalue weighted by atomic mass is 31.2. The molecule has 0 aliphatic heterocycles. The maximum Gasteiger partial charge on any atom is 0.472 e. The fraction of sp³-hybridized carbons (Fsp3) is 0.952. The van der Waals surface area contributed by atoms with E-state index in [9.17, 15) is 43.2 Å². The summed E-state index contributed by atoms with van der Waals surface area (Å²) >= 11 is 0. The number of unbranched alkanes of at least 4 members (excludes halogenated alkanes) is 46. The van der Waals surface area contributed by atoms with Crippen molar-refractivity contribution in [1.82, 2.24) is 0 Å². The Morgan fingerprint density at radius 2 is 0.466 bits per heavy atom. The van der Waals surface area contributed by atoms with E-state index in [1.165, 1.54) is 231 Å². The van der Waals surface area contributed by atoms with Crippen molar-refractivity contribution in [3.8, 4) is 0 Å². The Kier molecular flexibility index (Phi) is 71.5. The number of phosphoric ester groups is 2. The lowest BCUT2D eigenvalue weighted by atomic mass is 9.99. The molecule has 19 heteroatoms. The van der Waals surface area contributed by atoms with E-state index in [1.807, 2.05) is 0 Å². The van der Waals surface area contributed by atoms with Gasteiger partial charge in [-0.2, -0.15) is 0 Å². The molecule has 0 aliphatic carbocycles. The van der Waals surface area contributed by atoms with Crippen molar-refractivity contribution in [3.63, 3.8) is 0 Å². The second-order valence-corrected chi connectivity index (χ2v) is 34.8. The molecule has 3 N–H and O–H groups in total. The van der Waals surface area contributed by atoms with E-state index in [4.69, 9.17) is 37.0 Å². The average molecular weight is 1510 g/mol. The van der Waals surface area contributed by atoms with Crippen LogP contribution in [0, 0.1) is 23.7 Å². The number of esters is 4. The second-order valence-electron chi connectivity index (χ2n) is 31.9. The van der Waals surface area contributed by atoms with Gasteiger partial charge in [0, 0.05) is 25.7 Å². The molecule has 0 aromatic rings. The summed E-state index contributed by atoms with van der Waals surface area (Å²) in [5.41, 5.74) is 0. The van der Waals surface area contributed by atoms with Gasteiger partial charge in [0.25, 0.3) is 0 Å². The molecular formula is C84H164O17P2. The smallest absolute Gasteiger partial charge is 0.462 e. The predicted octanol–water partition coefficient (Wildman–Crippen LogP) is 25.2. The third-order valence-electron chi connectivity index (χ3n) is 19.9. The summed E-state index contributed by atoms with van der Waals surface area (Å²) in [5, 5.41) is 10.7. The topological polar surface area (TPSA) is 237 Å². The molecule has 0 spiro atoms. The fourth-order valence-corrected chi connectivity index (χ4v) is 14.5. The van der Waals surface area contributed by atoms with E-state index in [-0.39, 0.29) is 25.7 Å². The van der Waals surface area contributed by atoms with Crippen LogP contribution in [0.3, 0.4) is 0 Å². The van der Waals surface area contributed by atoms with Crippen molar-refractivity contribution < 1.29 is 80.2 Å². The number of hydrogen-bond donors (Lipinski definition) is 3. The lowest BCUT2D eigenvalue weighted by Gasteiger charge is -2.21. The van der Waals surface area contributed by atoms with Gasteiger partial charge in [0.2, 0.25) is 0 Å². The molecule has 0 aromatic carbocycles. The van der Waals surface area contributed by atoms with Crippen LogP contribution in [0.1, 0.15) is 434 Å². The normalized spacial score (nSPS) is 14.2. The van der Waals surface area contributed by atoms with Crippen LogP contribution in [0.25, 0.3) is 0 Å². The number of aliphatic hydroxyl groups is 1. The molecular weight excluding hydrogens is 1340 g/mol. The molecule has 0 saturated carbocycles. The molecule has 6 atom stereocenters. The quantitative estimate of drug-likeness (QED) is 0.0222. The Bertz CT molecular complexity index is 2010. The van der Waals surface area contributed by atoms with E-state index in [1.54, 1.807) is 0 Å². The average Bonchev–Trinajstić information content (AvgIpc) is 0.909. The minimum absolute atomic E-state index is 0.107. The molecule has 0 fully saturated rings. The number of aliphatic hydroxyl groups excluding tert-OH is 1. The number of hydrogen-bond acceptors (Lipinski definition) is 15. The SMILES string of the molecule is CCC(C)CCCCCCCCCCCCCCCCCCCCC(=O)O[C@H](COC(=O)CCCCCCCCC(C)C)COP(=O)(O)OC[C@H](O)COP(=O)(O)OC[C@@H](COC(=O)CCCCCCCCCCCCCC(C)C)OC(=O)CCCCCCCCCCCCCCCCCC(C)C. The molecule has 612 valence electrons. The van der Waals surface area contributed by atoms with E-state index < -0.39 is 97.5 Å². The Morgan fingerprint density at radius 1 is 0.272 bits per heavy atom. The van der Waals surface area contributed by atoms with E-state index >= 15 is 0 Å². The summed E-state index contributed by atoms with van der Waals surface area (Å²) in [5.74, 6) is 1.01. The van der Waals surface area contributed by atoms with Crippen molar-refractivity contribution in [1.29, 1.82) is 0 Å². The summed E-state index contributed by atoms with van der Waals surface area (Å²) in [7, 11) is -9.92. The largest absolute Gasteiger partial charge is 0.472 e. The van der Waals surface area contributed by atoms with Crippen molar-refractivity contribution in [2.75, 3.05) is 39.6 Å². The van der Waals surface area contributed by atoms with E-state index in [2.05, 4.69) is 55.4 Å². The van der Waals surface area contributed by atoms with Crippen molar-refractivity contribution in [2.45, 2.75) is 453 Å². The van der Waals surface area contributed by atoms with E-state index in [0.717, 1.165) is 114 Å². The van der Waals surface area contributed by atoms with Crippen molar-refractivity contribution in [3.05, 3.63) is 0 Å². The number of carbonyl (C=O) groups is 4. The van der Waals surface area contributed by atoms with Gasteiger partial charge in [0.05, 0.1) is 26.4 Å². The van der Waals surface area contributed by atoms with Crippen LogP contribution in [0.4, 0.5) is 0 Å². The molecule has 103 heavy (non-hydrogen) atoms. The van der Waals surface area contributed by atoms with Crippen molar-refractivity contribution in [2.24, 2.45) is 23.7 Å². The fourth-order valence-electron chi connectivity index (χ4n) is 12.9. The first-order valence-electron chi connectivity index (χ1n) is 43.2. The lowest BCUT2D eigenvalue weighted by molar-refractivity contribution is -0.161. The summed E-state index contributed by atoms with van der Waals surface area (Å²) < 4.78 is 68.8. The standard InChI is InChI=1S/C84H164O17P2/c1-9-77(8)63-55-47-38-32-26-20-16-12-10-11-13-17-21-27-34-40-50-58-67-84(89)101-80(71-95-82(87)65-57-49-43-42-46-54-62-76(6)7)73-99-103(92,93)97-69-78(85)68-96-102(90,91)98-72-79(70-94-81(86)64-56-48-39-33-29-23-25-31-37-45-53-61-75(4)5)100-83(88)66-59-51-41-35-28-22-18-14-15-19-24-30-36-44-52-60-74(2)3/h74-80,85H,9-73H2,1-8H3,(H,90,91)(H,92,93)/t77?,78-,79-,80-/m1/s1. The monoisotopic (exact) mass is 1510 g/mol. The molecule has 0 heterocycles. The van der Waals surface area contributed by atoms with Gasteiger partial charge in [0.1, 0.15) is 19.3 Å². The highest BCUT2D eigenvalue weighted by Crippen LogP contribution is 2.45. The van der Waals surface area contributed by atoms with Crippen LogP contribution in [-0.2, 0) is 65.4 Å². The first kappa shape index (κ1) is 101. The van der Waals surface area contributed by atoms with Gasteiger partial charge in [-0.3, -0.25) is 37.3 Å². The van der Waals surface area contributed by atoms with Gasteiger partial charge < -0.3 is 33.8 Å². The zero-order valence-electron chi connectivity index (χ0n) is 68.0. The van der Waals surface area contributed by atoms with Crippen LogP contribution < -0.4 is 0 Å². The van der Waals surface area contributed by atoms with Crippen LogP contribution in [0.2, 0.25) is 0 Å². The van der Waals surface area contributed by atoms with Crippen LogP contribution >= 0.6 is 15.6 Å². The zero-order chi connectivity index (χ0) is 76.0. The number of carbonyl (C=O) groups excluding carboxylic acids is 4. The summed E-state index contributed by atoms with van der Waals surface area (Å²) in [4.78, 5) is 73.1. The molecule has 3 unspecified atom stereocenters. The summed E-state index contributed by atoms with van der Waals surface area (Å²) in [6.07, 6.45) is 61.3. The summed E-state index contributed by atoms with van der Waals surface area (Å²) in [6.45, 7) is 14.3. The molecule has 17 nitrogen and oxygen atoms in total. The summed E-state index contributed by atoms with van der Waals surface area (Å²) in [6, 6.07) is 0. The second kappa shape index (κ2) is 72.9. The van der Waals surface area contributed by atoms with Gasteiger partial charge in [0.15, 0.2) is 12.2 Å². The molecule has 0 saturated heterocycles. The minimum Gasteiger partial charge on any atom is -0.462 e. The highest BCUT2D eigenvalue weighted by Gasteiger charge is 2.30. The Balaban J connectivity index is 5.18. The van der Waals surface area contributed by atoms with Gasteiger partial charge in [-0.25, -0.2) is 9.13 Å². The third kappa shape index (κ3) is 76.6. The maximum atomic E-state index is 13.1. The number of rotatable bonds is 81. The van der Waals surface area contributed by atoms with Crippen molar-refractivity contribution >= 4 is 39.5 Å². The predicted molar refractivity (Wildman–Crippen MR) is 423 cm³/mol. The lowest BCUT2D eigenvalue weighted by Crippen LogP contribution is -2.30. The zero-order valence-corrected chi connectivity index (χ0v) is 69.7. The number of phosphoric acid groups is 2. The van der Waals surface area contributed by atoms with E-state index in [0.29, 0.717) is 31.6 Å². The minimum atomic E-state index is -4.96. The van der Waals surface area contributed by atoms with Gasteiger partial charge in [-0.1, -0.05) is 383 Å². The number of ether oxygens (including phenoxy) is 4. The molecule has 0 amide bonds. The third-order valence-corrected chi connectivity index (χ3v) is 21.8. The highest BCUT2D eigenvalue weighted by molar-refractivity contribution is 7.47. The molecule has 0 bridgehead atoms. The Labute approximate surface area is 632 Å². The van der Waals surface area contributed by atoms with Gasteiger partial charge in [-0.05, 0) is 49.4 Å². The van der Waals surface area contributed by atoms with Crippen LogP contribution in [-0.4, -0.2) is 96.7 Å². The maximum absolute atomic E-state index is 13.1. The van der Waals surface area contributed by atoms with Crippen LogP contribution in [0.5, 0.6) is 0 Å². The Morgan fingerprint density at radius 3 is 0.689 bits per heavy atom. The Hall–Kier alpha value is -1.94.